The van der Waals surface area contributed by atoms with Crippen LogP contribution in [0.4, 0.5) is 0 Å². The summed E-state index contributed by atoms with van der Waals surface area (Å²) in [6, 6.07) is 5.81. The number of aliphatic hydroxyl groups is 1. The molecule has 1 aliphatic rings. The van der Waals surface area contributed by atoms with Crippen molar-refractivity contribution in [2.24, 2.45) is 11.3 Å². The van der Waals surface area contributed by atoms with Crippen LogP contribution in [0.3, 0.4) is 0 Å². The molecule has 180 valence electrons. The van der Waals surface area contributed by atoms with Gasteiger partial charge in [-0.1, -0.05) is 26.8 Å². The summed E-state index contributed by atoms with van der Waals surface area (Å²) in [6.45, 7) is 6.28. The van der Waals surface area contributed by atoms with E-state index in [1.54, 1.807) is 13.2 Å². The lowest BCUT2D eigenvalue weighted by Crippen LogP contribution is -2.52. The topological polar surface area (TPSA) is 133 Å². The van der Waals surface area contributed by atoms with E-state index in [0.29, 0.717) is 37.3 Å². The number of H-pyrrole nitrogens is 1. The molecule has 1 aromatic carbocycles. The molecule has 0 radical (unpaired) electrons. The molecular weight excluding hydrogens is 424 g/mol. The average Bonchev–Trinajstić information content (AvgIpc) is 3.37. The molecule has 0 bridgehead atoms. The van der Waals surface area contributed by atoms with Crippen molar-refractivity contribution in [3.8, 4) is 5.75 Å². The van der Waals surface area contributed by atoms with Crippen molar-refractivity contribution in [3.63, 3.8) is 0 Å². The lowest BCUT2D eigenvalue weighted by atomic mass is 9.87. The molecule has 3 rings (SSSR count). The van der Waals surface area contributed by atoms with Gasteiger partial charge < -0.3 is 30.8 Å². The molecule has 1 saturated heterocycles. The minimum Gasteiger partial charge on any atom is -0.496 e. The highest BCUT2D eigenvalue weighted by molar-refractivity contribution is 6.01. The molecule has 0 spiro atoms. The number of carbonyl (C=O) groups is 3. The number of amides is 3. The second-order valence-electron chi connectivity index (χ2n) is 9.80. The largest absolute Gasteiger partial charge is 0.496 e. The van der Waals surface area contributed by atoms with Crippen molar-refractivity contribution in [2.45, 2.75) is 52.1 Å². The maximum Gasteiger partial charge on any atom is 0.268 e. The number of benzene rings is 1. The summed E-state index contributed by atoms with van der Waals surface area (Å²) in [5.74, 6) is -0.442. The third-order valence-electron chi connectivity index (χ3n) is 5.83. The Morgan fingerprint density at radius 2 is 2.03 bits per heavy atom. The molecule has 3 amide bonds. The molecule has 2 aromatic rings. The average molecular weight is 459 g/mol. The van der Waals surface area contributed by atoms with E-state index in [4.69, 9.17) is 4.74 Å². The highest BCUT2D eigenvalue weighted by Crippen LogP contribution is 2.26. The maximum absolute atomic E-state index is 13.1. The number of hydrogen-bond acceptors (Lipinski definition) is 5. The van der Waals surface area contributed by atoms with Gasteiger partial charge in [0, 0.05) is 23.4 Å². The third-order valence-corrected chi connectivity index (χ3v) is 5.83. The molecular formula is C24H34N4O5. The number of carbonyl (C=O) groups excluding carboxylic acids is 3. The smallest absolute Gasteiger partial charge is 0.268 e. The highest BCUT2D eigenvalue weighted by atomic mass is 16.5. The van der Waals surface area contributed by atoms with Crippen LogP contribution in [-0.4, -0.2) is 60.2 Å². The van der Waals surface area contributed by atoms with Crippen LogP contribution in [-0.2, 0) is 9.59 Å². The first-order chi connectivity index (χ1) is 15.6. The number of aromatic amines is 1. The van der Waals surface area contributed by atoms with Gasteiger partial charge >= 0.3 is 0 Å². The molecule has 9 heteroatoms. The van der Waals surface area contributed by atoms with Crippen LogP contribution in [0.25, 0.3) is 10.9 Å². The number of ether oxygens (including phenoxy) is 1. The van der Waals surface area contributed by atoms with E-state index in [2.05, 4.69) is 20.9 Å². The monoisotopic (exact) mass is 458 g/mol. The number of hydrogen-bond donors (Lipinski definition) is 5. The predicted octanol–water partition coefficient (Wildman–Crippen LogP) is 1.71. The number of methoxy groups -OCH3 is 1. The van der Waals surface area contributed by atoms with Gasteiger partial charge in [-0.25, -0.2) is 0 Å². The second kappa shape index (κ2) is 10.2. The molecule has 2 heterocycles. The fraction of sp³-hybridized carbons (Fsp3) is 0.542. The minimum atomic E-state index is -0.808. The summed E-state index contributed by atoms with van der Waals surface area (Å²) in [6.07, 6.45) is 1.43. The zero-order chi connectivity index (χ0) is 24.2. The van der Waals surface area contributed by atoms with Crippen LogP contribution in [0.15, 0.2) is 24.3 Å². The van der Waals surface area contributed by atoms with Crippen molar-refractivity contribution >= 4 is 28.6 Å². The van der Waals surface area contributed by atoms with Gasteiger partial charge in [-0.05, 0) is 42.9 Å². The third kappa shape index (κ3) is 6.25. The first-order valence-corrected chi connectivity index (χ1v) is 11.3. The van der Waals surface area contributed by atoms with Crippen LogP contribution in [0.5, 0.6) is 5.75 Å². The maximum atomic E-state index is 13.1. The number of nitrogens with one attached hydrogen (secondary N) is 4. The lowest BCUT2D eigenvalue weighted by Gasteiger charge is -2.28. The van der Waals surface area contributed by atoms with E-state index < -0.39 is 18.0 Å². The summed E-state index contributed by atoms with van der Waals surface area (Å²) >= 11 is 0. The number of rotatable bonds is 9. The van der Waals surface area contributed by atoms with E-state index in [1.165, 1.54) is 0 Å². The van der Waals surface area contributed by atoms with Crippen LogP contribution in [0, 0.1) is 11.3 Å². The van der Waals surface area contributed by atoms with Crippen LogP contribution in [0.1, 0.15) is 50.5 Å². The first-order valence-electron chi connectivity index (χ1n) is 11.3. The van der Waals surface area contributed by atoms with E-state index >= 15 is 0 Å². The molecule has 0 unspecified atom stereocenters. The van der Waals surface area contributed by atoms with Crippen molar-refractivity contribution in [3.05, 3.63) is 30.0 Å². The van der Waals surface area contributed by atoms with Crippen molar-refractivity contribution in [1.29, 1.82) is 0 Å². The van der Waals surface area contributed by atoms with Crippen molar-refractivity contribution in [1.82, 2.24) is 20.9 Å². The van der Waals surface area contributed by atoms with E-state index in [1.807, 2.05) is 39.0 Å². The quantitative estimate of drug-likeness (QED) is 0.390. The molecule has 1 fully saturated rings. The van der Waals surface area contributed by atoms with Crippen LogP contribution >= 0.6 is 0 Å². The van der Waals surface area contributed by atoms with Gasteiger partial charge in [0.1, 0.15) is 17.5 Å². The zero-order valence-corrected chi connectivity index (χ0v) is 19.7. The fourth-order valence-corrected chi connectivity index (χ4v) is 4.18. The lowest BCUT2D eigenvalue weighted by molar-refractivity contribution is -0.126. The number of fused-ring (bicyclic) bond motifs is 1. The summed E-state index contributed by atoms with van der Waals surface area (Å²) in [5.41, 5.74) is 0.841. The van der Waals surface area contributed by atoms with Crippen LogP contribution < -0.4 is 20.7 Å². The Labute approximate surface area is 193 Å². The van der Waals surface area contributed by atoms with Crippen molar-refractivity contribution < 1.29 is 24.2 Å². The predicted molar refractivity (Wildman–Crippen MR) is 125 cm³/mol. The normalized spacial score (nSPS) is 18.0. The summed E-state index contributed by atoms with van der Waals surface area (Å²) in [5, 5.41) is 19.0. The Morgan fingerprint density at radius 1 is 1.27 bits per heavy atom. The Morgan fingerprint density at radius 3 is 2.64 bits per heavy atom. The van der Waals surface area contributed by atoms with Gasteiger partial charge in [-0.15, -0.1) is 0 Å². The molecule has 1 aliphatic heterocycles. The van der Waals surface area contributed by atoms with Gasteiger partial charge in [0.25, 0.3) is 5.91 Å². The summed E-state index contributed by atoms with van der Waals surface area (Å²) in [7, 11) is 1.57. The number of aromatic nitrogens is 1. The van der Waals surface area contributed by atoms with Gasteiger partial charge in [0.05, 0.1) is 19.8 Å². The van der Waals surface area contributed by atoms with E-state index in [0.717, 1.165) is 10.9 Å². The molecule has 33 heavy (non-hydrogen) atoms. The standard InChI is InChI=1S/C24H34N4O5/c1-24(2,3)12-19(23(32)26-15(13-29)10-14-8-9-25-21(14)30)28-22(31)18-11-16-17(27-18)6-5-7-20(16)33-4/h5-7,11,14-15,19,27,29H,8-10,12-13H2,1-4H3,(H,25,30)(H,26,32)(H,28,31)/t14-,15-,19-/m0/s1. The second-order valence-corrected chi connectivity index (χ2v) is 9.80. The zero-order valence-electron chi connectivity index (χ0n) is 19.7. The SMILES string of the molecule is COc1cccc2[nH]c(C(=O)N[C@@H](CC(C)(C)C)C(=O)N[C@H](CO)C[C@@H]3CCNC3=O)cc12. The molecule has 9 nitrogen and oxygen atoms in total. The molecule has 0 aliphatic carbocycles. The Kier molecular flexibility index (Phi) is 7.63. The highest BCUT2D eigenvalue weighted by Gasteiger charge is 2.31. The Bertz CT molecular complexity index is 1010. The van der Waals surface area contributed by atoms with Gasteiger partial charge in [-0.2, -0.15) is 0 Å². The molecule has 0 saturated carbocycles. The summed E-state index contributed by atoms with van der Waals surface area (Å²) < 4.78 is 5.36. The molecule has 5 N–H and O–H groups in total. The van der Waals surface area contributed by atoms with E-state index in [-0.39, 0.29) is 29.8 Å². The Balaban J connectivity index is 1.74. The van der Waals surface area contributed by atoms with Crippen LogP contribution in [0.2, 0.25) is 0 Å². The molecule has 3 atom stereocenters. The van der Waals surface area contributed by atoms with Gasteiger partial charge in [0.15, 0.2) is 0 Å². The van der Waals surface area contributed by atoms with Gasteiger partial charge in [-0.3, -0.25) is 14.4 Å². The minimum absolute atomic E-state index is 0.0588. The Hall–Kier alpha value is -3.07. The van der Waals surface area contributed by atoms with Gasteiger partial charge in [0.2, 0.25) is 11.8 Å². The first kappa shape index (κ1) is 24.6. The number of aliphatic hydroxyl groups excluding tert-OH is 1. The fourth-order valence-electron chi connectivity index (χ4n) is 4.18. The van der Waals surface area contributed by atoms with Crippen molar-refractivity contribution in [2.75, 3.05) is 20.3 Å². The molecule has 1 aromatic heterocycles. The summed E-state index contributed by atoms with van der Waals surface area (Å²) in [4.78, 5) is 41.1. The van der Waals surface area contributed by atoms with E-state index in [9.17, 15) is 19.5 Å².